The lowest BCUT2D eigenvalue weighted by Gasteiger charge is -2.43. The average molecular weight is 1010 g/mol. The summed E-state index contributed by atoms with van der Waals surface area (Å²) in [7, 11) is 3.01. The summed E-state index contributed by atoms with van der Waals surface area (Å²) in [5, 5.41) is 33.0. The van der Waals surface area contributed by atoms with E-state index in [1.165, 1.54) is 12.0 Å². The SMILES string of the molecule is CO[C@@H]1C[C@H](CC(C)[C@@H]2CC(=O)[C@H](C)/C=C(\C)[C@@H](O)[C@@H](OC)C(=O)[C@H](C)C[C@H](C)/C=C/C=C/C=C(\C)[C@H](OCC3COC3)C[C@@H]3CC[C@@H](C)[C@@](O)(O3)C(=O)C(=O)N3CCCC[C@H]3C(=O)O2)CC[C@H]1OCCO. The fourth-order valence-corrected chi connectivity index (χ4v) is 11.0. The minimum atomic E-state index is -2.45. The number of aliphatic hydroxyl groups excluding tert-OH is 2. The van der Waals surface area contributed by atoms with E-state index in [4.69, 9.17) is 33.2 Å². The molecule has 72 heavy (non-hydrogen) atoms. The molecular formula is C56H87NO15. The Morgan fingerprint density at radius 3 is 2.28 bits per heavy atom. The summed E-state index contributed by atoms with van der Waals surface area (Å²) < 4.78 is 41.8. The number of nitrogens with zero attached hydrogens (tertiary/aromatic N) is 1. The molecule has 3 saturated heterocycles. The molecule has 406 valence electrons. The molecular weight excluding hydrogens is 927 g/mol. The second kappa shape index (κ2) is 28.4. The molecule has 5 rings (SSSR count). The summed E-state index contributed by atoms with van der Waals surface area (Å²) in [5.74, 6) is -7.79. The number of allylic oxidation sites excluding steroid dienone is 6. The molecule has 0 radical (unpaired) electrons. The molecule has 4 heterocycles. The van der Waals surface area contributed by atoms with Crippen LogP contribution in [0, 0.1) is 41.4 Å². The predicted octanol–water partition coefficient (Wildman–Crippen LogP) is 6.21. The topological polar surface area (TPSA) is 214 Å². The zero-order chi connectivity index (χ0) is 52.7. The zero-order valence-electron chi connectivity index (χ0n) is 44.5. The average Bonchev–Trinajstić information content (AvgIpc) is 3.34. The molecule has 1 amide bonds. The highest BCUT2D eigenvalue weighted by Gasteiger charge is 2.53. The molecule has 0 aromatic rings. The highest BCUT2D eigenvalue weighted by atomic mass is 16.6. The summed E-state index contributed by atoms with van der Waals surface area (Å²) in [5.41, 5.74) is 1.28. The van der Waals surface area contributed by atoms with Gasteiger partial charge in [-0.3, -0.25) is 19.2 Å². The number of hydrogen-bond donors (Lipinski definition) is 3. The van der Waals surface area contributed by atoms with Crippen molar-refractivity contribution in [3.8, 4) is 0 Å². The van der Waals surface area contributed by atoms with Crippen LogP contribution < -0.4 is 0 Å². The third kappa shape index (κ3) is 16.0. The van der Waals surface area contributed by atoms with Crippen LogP contribution in [0.1, 0.15) is 126 Å². The Bertz CT molecular complexity index is 1930. The Balaban J connectivity index is 1.47. The normalized spacial score (nSPS) is 38.9. The molecule has 1 unspecified atom stereocenters. The fourth-order valence-electron chi connectivity index (χ4n) is 11.0. The van der Waals surface area contributed by atoms with Gasteiger partial charge < -0.3 is 53.4 Å². The maximum Gasteiger partial charge on any atom is 0.329 e. The molecule has 1 aliphatic carbocycles. The van der Waals surface area contributed by atoms with Crippen LogP contribution in [0.25, 0.3) is 0 Å². The van der Waals surface area contributed by atoms with Crippen LogP contribution in [0.2, 0.25) is 0 Å². The van der Waals surface area contributed by atoms with Gasteiger partial charge in [-0.2, -0.15) is 0 Å². The van der Waals surface area contributed by atoms with Crippen molar-refractivity contribution >= 4 is 29.2 Å². The standard InChI is InChI=1S/C56H87NO15/c1-34-15-11-10-12-16-35(2)47(70-33-42-31-68-32-42)29-43-20-18-40(7)56(65,72-43)53(62)54(63)57-22-14-13-17-44(57)55(64)71-48(37(4)27-41-19-21-46(69-24-23-58)49(28-41)66-8)30-45(59)36(3)26-39(6)51(61)52(67-9)50(60)38(5)25-34/h10-12,15-16,26,34,36-38,40-44,46-49,51-52,58,61,65H,13-14,17-25,27-33H2,1-9H3/b12-10+,15-11+,35-16+,39-26+/t34-,36-,37?,38-,40-,41+,43+,44+,46-,47-,48+,49-,51-,52+,56-/m1/s1. The number of ether oxygens (including phenoxy) is 7. The predicted molar refractivity (Wildman–Crippen MR) is 269 cm³/mol. The third-order valence-corrected chi connectivity index (χ3v) is 15.8. The maximum atomic E-state index is 14.6. The first kappa shape index (κ1) is 59.4. The van der Waals surface area contributed by atoms with E-state index in [2.05, 4.69) is 0 Å². The molecule has 2 bridgehead atoms. The number of amides is 1. The number of carbonyl (C=O) groups excluding carboxylic acids is 5. The number of hydrogen-bond acceptors (Lipinski definition) is 15. The molecule has 15 atom stereocenters. The van der Waals surface area contributed by atoms with Crippen molar-refractivity contribution in [2.45, 2.75) is 180 Å². The van der Waals surface area contributed by atoms with Gasteiger partial charge in [0.2, 0.25) is 5.79 Å². The lowest BCUT2D eigenvalue weighted by molar-refractivity contribution is -0.266. The largest absolute Gasteiger partial charge is 0.460 e. The van der Waals surface area contributed by atoms with E-state index >= 15 is 0 Å². The minimum absolute atomic E-state index is 0.00566. The number of methoxy groups -OCH3 is 2. The quantitative estimate of drug-likeness (QED) is 0.119. The number of esters is 1. The number of carbonyl (C=O) groups is 5. The summed E-state index contributed by atoms with van der Waals surface area (Å²) in [6, 6.07) is -1.15. The van der Waals surface area contributed by atoms with Gasteiger partial charge in [0.05, 0.1) is 57.5 Å². The highest BCUT2D eigenvalue weighted by molar-refractivity contribution is 6.39. The smallest absolute Gasteiger partial charge is 0.329 e. The Labute approximate surface area is 428 Å². The van der Waals surface area contributed by atoms with E-state index in [0.717, 1.165) is 12.0 Å². The first-order valence-electron chi connectivity index (χ1n) is 26.7. The van der Waals surface area contributed by atoms with Gasteiger partial charge in [-0.25, -0.2) is 4.79 Å². The van der Waals surface area contributed by atoms with Gasteiger partial charge in [0.1, 0.15) is 30.1 Å². The Hall–Kier alpha value is -3.45. The van der Waals surface area contributed by atoms with E-state index in [1.54, 1.807) is 34.0 Å². The van der Waals surface area contributed by atoms with Gasteiger partial charge in [0, 0.05) is 57.3 Å². The number of rotatable bonds is 11. The number of fused-ring (bicyclic) bond motifs is 3. The maximum absolute atomic E-state index is 14.6. The van der Waals surface area contributed by atoms with Gasteiger partial charge in [-0.15, -0.1) is 0 Å². The van der Waals surface area contributed by atoms with Gasteiger partial charge in [0.25, 0.3) is 11.7 Å². The van der Waals surface area contributed by atoms with E-state index in [-0.39, 0.29) is 80.0 Å². The van der Waals surface area contributed by atoms with Crippen molar-refractivity contribution < 1.29 is 72.5 Å². The van der Waals surface area contributed by atoms with Gasteiger partial charge in [-0.1, -0.05) is 71.1 Å². The summed E-state index contributed by atoms with van der Waals surface area (Å²) in [6.45, 7) is 14.6. The zero-order valence-corrected chi connectivity index (χ0v) is 44.5. The van der Waals surface area contributed by atoms with Crippen LogP contribution in [-0.2, 0) is 57.1 Å². The van der Waals surface area contributed by atoms with E-state index in [9.17, 15) is 39.3 Å². The second-order valence-electron chi connectivity index (χ2n) is 21.7. The molecule has 0 spiro atoms. The van der Waals surface area contributed by atoms with Gasteiger partial charge in [0.15, 0.2) is 5.78 Å². The molecule has 16 nitrogen and oxygen atoms in total. The highest BCUT2D eigenvalue weighted by Crippen LogP contribution is 2.38. The number of ketones is 3. The molecule has 1 saturated carbocycles. The monoisotopic (exact) mass is 1010 g/mol. The number of Topliss-reactive ketones (excluding diaryl/α,β-unsaturated/α-hetero) is 3. The molecule has 0 aromatic carbocycles. The van der Waals surface area contributed by atoms with Crippen LogP contribution in [0.15, 0.2) is 47.6 Å². The van der Waals surface area contributed by atoms with Crippen LogP contribution in [0.3, 0.4) is 0 Å². The molecule has 4 fully saturated rings. The van der Waals surface area contributed by atoms with Crippen LogP contribution >= 0.6 is 0 Å². The summed E-state index contributed by atoms with van der Waals surface area (Å²) >= 11 is 0. The fraction of sp³-hybridized carbons (Fsp3) is 0.768. The number of aliphatic hydroxyl groups is 3. The molecule has 4 aliphatic heterocycles. The molecule has 3 N–H and O–H groups in total. The second-order valence-corrected chi connectivity index (χ2v) is 21.7. The van der Waals surface area contributed by atoms with Crippen molar-refractivity contribution in [1.82, 2.24) is 4.90 Å². The Morgan fingerprint density at radius 1 is 0.847 bits per heavy atom. The molecule has 0 aromatic heterocycles. The Morgan fingerprint density at radius 2 is 1.60 bits per heavy atom. The van der Waals surface area contributed by atoms with Crippen molar-refractivity contribution in [3.05, 3.63) is 47.6 Å². The first-order valence-corrected chi connectivity index (χ1v) is 26.7. The van der Waals surface area contributed by atoms with Gasteiger partial charge >= 0.3 is 5.97 Å². The van der Waals surface area contributed by atoms with Crippen LogP contribution in [0.5, 0.6) is 0 Å². The van der Waals surface area contributed by atoms with Crippen molar-refractivity contribution in [1.29, 1.82) is 0 Å². The van der Waals surface area contributed by atoms with Gasteiger partial charge in [-0.05, 0) is 107 Å². The van der Waals surface area contributed by atoms with Crippen molar-refractivity contribution in [2.24, 2.45) is 41.4 Å². The molecule has 16 heteroatoms. The van der Waals surface area contributed by atoms with E-state index in [0.29, 0.717) is 83.2 Å². The summed E-state index contributed by atoms with van der Waals surface area (Å²) in [6.07, 6.45) is 12.0. The van der Waals surface area contributed by atoms with Crippen LogP contribution in [-0.4, -0.2) is 158 Å². The number of piperidine rings is 1. The summed E-state index contributed by atoms with van der Waals surface area (Å²) in [4.78, 5) is 72.7. The lowest BCUT2D eigenvalue weighted by Crippen LogP contribution is -2.61. The number of cyclic esters (lactones) is 1. The first-order chi connectivity index (χ1) is 34.3. The minimum Gasteiger partial charge on any atom is -0.460 e. The Kier molecular flexibility index (Phi) is 23.5. The van der Waals surface area contributed by atoms with E-state index < -0.39 is 77.8 Å². The van der Waals surface area contributed by atoms with E-state index in [1.807, 2.05) is 58.1 Å². The van der Waals surface area contributed by atoms with Crippen molar-refractivity contribution in [2.75, 3.05) is 53.8 Å². The molecule has 5 aliphatic rings. The lowest BCUT2D eigenvalue weighted by atomic mass is 9.78. The van der Waals surface area contributed by atoms with Crippen molar-refractivity contribution in [3.63, 3.8) is 0 Å². The third-order valence-electron chi connectivity index (χ3n) is 15.8. The van der Waals surface area contributed by atoms with Crippen LogP contribution in [0.4, 0.5) is 0 Å².